The fraction of sp³-hybridized carbons (Fsp3) is 0.370. The first kappa shape index (κ1) is 25.1. The molecular formula is C27H28ClN5O4. The zero-order chi connectivity index (χ0) is 25.8. The molecule has 2 aromatic carbocycles. The second-order valence-corrected chi connectivity index (χ2v) is 9.73. The molecule has 3 aromatic rings. The number of nitrogens with zero attached hydrogens (tertiary/aromatic N) is 3. The Morgan fingerprint density at radius 1 is 1.22 bits per heavy atom. The van der Waals surface area contributed by atoms with E-state index in [-0.39, 0.29) is 23.7 Å². The number of fused-ring (bicyclic) bond motifs is 1. The number of carbonyl (C=O) groups is 1. The van der Waals surface area contributed by atoms with Crippen molar-refractivity contribution < 1.29 is 19.4 Å². The number of β-amino-alcohol motifs (C(OH)–C–C–N with tert-alkyl or cyclic N) is 1. The average molecular weight is 522 g/mol. The molecule has 1 aliphatic carbocycles. The van der Waals surface area contributed by atoms with Crippen molar-refractivity contribution in [3.63, 3.8) is 0 Å². The van der Waals surface area contributed by atoms with Crippen molar-refractivity contribution in [1.82, 2.24) is 15.2 Å². The third kappa shape index (κ3) is 6.23. The van der Waals surface area contributed by atoms with Crippen LogP contribution in [-0.4, -0.2) is 59.4 Å². The van der Waals surface area contributed by atoms with Crippen LogP contribution in [0.1, 0.15) is 31.2 Å². The van der Waals surface area contributed by atoms with E-state index in [0.29, 0.717) is 45.9 Å². The van der Waals surface area contributed by atoms with Crippen molar-refractivity contribution >= 4 is 34.2 Å². The van der Waals surface area contributed by atoms with Crippen LogP contribution in [0.25, 0.3) is 10.9 Å². The molecular weight excluding hydrogens is 494 g/mol. The summed E-state index contributed by atoms with van der Waals surface area (Å²) in [4.78, 5) is 18.8. The van der Waals surface area contributed by atoms with Gasteiger partial charge in [-0.05, 0) is 63.0 Å². The Labute approximate surface area is 219 Å². The van der Waals surface area contributed by atoms with Gasteiger partial charge in [0, 0.05) is 30.2 Å². The summed E-state index contributed by atoms with van der Waals surface area (Å²) in [6, 6.07) is 12.2. The normalized spacial score (nSPS) is 16.2. The van der Waals surface area contributed by atoms with Crippen molar-refractivity contribution in [2.24, 2.45) is 0 Å². The SMILES string of the molecule is N#Cc1cc2c(Oc3cccc(NC(=O)NC4CC4)c3Cl)ccnc2cc1OC[C@H](O)CN1CCCC1. The van der Waals surface area contributed by atoms with E-state index in [1.807, 2.05) is 0 Å². The maximum absolute atomic E-state index is 12.2. The monoisotopic (exact) mass is 521 g/mol. The molecule has 0 bridgehead atoms. The van der Waals surface area contributed by atoms with Crippen molar-refractivity contribution in [1.29, 1.82) is 5.26 Å². The maximum atomic E-state index is 12.2. The standard InChI is InChI=1S/C27H28ClN5O4/c28-26-21(32-27(35)31-18-6-7-18)4-3-5-24(26)37-23-8-9-30-22-13-25(17(14-29)12-20(22)23)36-16-19(34)15-33-10-1-2-11-33/h3-5,8-9,12-13,18-19,34H,1-2,6-7,10-11,15-16H2,(H2,31,32,35)/t19-/m1/s1. The number of halogens is 1. The molecule has 192 valence electrons. The number of anilines is 1. The molecule has 3 N–H and O–H groups in total. The van der Waals surface area contributed by atoms with Crippen LogP contribution >= 0.6 is 11.6 Å². The second-order valence-electron chi connectivity index (χ2n) is 9.35. The molecule has 37 heavy (non-hydrogen) atoms. The number of pyridine rings is 1. The third-order valence-electron chi connectivity index (χ3n) is 6.37. The van der Waals surface area contributed by atoms with Gasteiger partial charge in [0.1, 0.15) is 41.1 Å². The molecule has 1 atom stereocenters. The Balaban J connectivity index is 1.33. The van der Waals surface area contributed by atoms with E-state index >= 15 is 0 Å². The summed E-state index contributed by atoms with van der Waals surface area (Å²) in [6.07, 6.45) is 5.20. The van der Waals surface area contributed by atoms with E-state index in [1.54, 1.807) is 42.6 Å². The lowest BCUT2D eigenvalue weighted by Crippen LogP contribution is -2.33. The quantitative estimate of drug-likeness (QED) is 0.374. The molecule has 1 saturated heterocycles. The summed E-state index contributed by atoms with van der Waals surface area (Å²) in [5.41, 5.74) is 1.29. The number of ether oxygens (including phenoxy) is 2. The molecule has 2 amide bonds. The predicted octanol–water partition coefficient (Wildman–Crippen LogP) is 4.67. The molecule has 10 heteroatoms. The summed E-state index contributed by atoms with van der Waals surface area (Å²) in [6.45, 7) is 2.60. The Morgan fingerprint density at radius 3 is 2.78 bits per heavy atom. The van der Waals surface area contributed by atoms with Gasteiger partial charge >= 0.3 is 6.03 Å². The Bertz CT molecular complexity index is 1330. The van der Waals surface area contributed by atoms with Gasteiger partial charge < -0.3 is 30.1 Å². The average Bonchev–Trinajstić information content (AvgIpc) is 3.55. The number of likely N-dealkylation sites (tertiary alicyclic amines) is 1. The summed E-state index contributed by atoms with van der Waals surface area (Å²) < 4.78 is 11.9. The number of aromatic nitrogens is 1. The van der Waals surface area contributed by atoms with E-state index in [9.17, 15) is 15.2 Å². The molecule has 1 aromatic heterocycles. The first-order valence-electron chi connectivity index (χ1n) is 12.4. The van der Waals surface area contributed by atoms with Gasteiger partial charge in [0.2, 0.25) is 0 Å². The molecule has 0 spiro atoms. The number of carbonyl (C=O) groups excluding carboxylic acids is 1. The number of hydrogen-bond acceptors (Lipinski definition) is 7. The number of rotatable bonds is 9. The molecule has 2 aliphatic rings. The minimum atomic E-state index is -0.655. The topological polar surface area (TPSA) is 120 Å². The van der Waals surface area contributed by atoms with Gasteiger partial charge in [-0.15, -0.1) is 0 Å². The molecule has 1 saturated carbocycles. The summed E-state index contributed by atoms with van der Waals surface area (Å²) in [5, 5.41) is 26.6. The van der Waals surface area contributed by atoms with Crippen LogP contribution in [-0.2, 0) is 0 Å². The van der Waals surface area contributed by atoms with Crippen molar-refractivity contribution in [3.8, 4) is 23.3 Å². The van der Waals surface area contributed by atoms with Crippen LogP contribution in [0.3, 0.4) is 0 Å². The number of benzene rings is 2. The van der Waals surface area contributed by atoms with Crippen molar-refractivity contribution in [2.45, 2.75) is 37.8 Å². The highest BCUT2D eigenvalue weighted by Gasteiger charge is 2.24. The minimum Gasteiger partial charge on any atom is -0.489 e. The largest absolute Gasteiger partial charge is 0.489 e. The molecule has 2 heterocycles. The highest BCUT2D eigenvalue weighted by atomic mass is 35.5. The lowest BCUT2D eigenvalue weighted by molar-refractivity contribution is 0.0758. The van der Waals surface area contributed by atoms with Crippen LogP contribution in [0.4, 0.5) is 10.5 Å². The lowest BCUT2D eigenvalue weighted by atomic mass is 10.1. The fourth-order valence-corrected chi connectivity index (χ4v) is 4.53. The number of amides is 2. The first-order valence-corrected chi connectivity index (χ1v) is 12.8. The highest BCUT2D eigenvalue weighted by molar-refractivity contribution is 6.35. The van der Waals surface area contributed by atoms with E-state index in [2.05, 4.69) is 26.6 Å². The summed E-state index contributed by atoms with van der Waals surface area (Å²) >= 11 is 6.54. The Kier molecular flexibility index (Phi) is 7.60. The minimum absolute atomic E-state index is 0.0800. The molecule has 1 aliphatic heterocycles. The van der Waals surface area contributed by atoms with Gasteiger partial charge in [0.25, 0.3) is 0 Å². The number of aliphatic hydroxyl groups excluding tert-OH is 1. The number of nitriles is 1. The lowest BCUT2D eigenvalue weighted by Gasteiger charge is -2.20. The zero-order valence-electron chi connectivity index (χ0n) is 20.2. The van der Waals surface area contributed by atoms with Crippen LogP contribution in [0.2, 0.25) is 5.02 Å². The highest BCUT2D eigenvalue weighted by Crippen LogP contribution is 2.38. The van der Waals surface area contributed by atoms with Crippen LogP contribution < -0.4 is 20.1 Å². The van der Waals surface area contributed by atoms with E-state index in [4.69, 9.17) is 21.1 Å². The molecule has 5 rings (SSSR count). The summed E-state index contributed by atoms with van der Waals surface area (Å²) in [7, 11) is 0. The second kappa shape index (κ2) is 11.2. The molecule has 9 nitrogen and oxygen atoms in total. The van der Waals surface area contributed by atoms with Gasteiger partial charge in [-0.2, -0.15) is 5.26 Å². The smallest absolute Gasteiger partial charge is 0.319 e. The number of nitrogens with one attached hydrogen (secondary N) is 2. The van der Waals surface area contributed by atoms with Crippen LogP contribution in [0.15, 0.2) is 42.6 Å². The van der Waals surface area contributed by atoms with Gasteiger partial charge in [0.05, 0.1) is 16.8 Å². The fourth-order valence-electron chi connectivity index (χ4n) is 4.32. The third-order valence-corrected chi connectivity index (χ3v) is 6.76. The first-order chi connectivity index (χ1) is 18.0. The summed E-state index contributed by atoms with van der Waals surface area (Å²) in [5.74, 6) is 1.15. The van der Waals surface area contributed by atoms with E-state index in [1.165, 1.54) is 0 Å². The zero-order valence-corrected chi connectivity index (χ0v) is 21.0. The van der Waals surface area contributed by atoms with Crippen LogP contribution in [0.5, 0.6) is 17.2 Å². The van der Waals surface area contributed by atoms with E-state index in [0.717, 1.165) is 38.8 Å². The maximum Gasteiger partial charge on any atom is 0.319 e. The van der Waals surface area contributed by atoms with Gasteiger partial charge in [-0.1, -0.05) is 17.7 Å². The molecule has 2 fully saturated rings. The van der Waals surface area contributed by atoms with Crippen molar-refractivity contribution in [2.75, 3.05) is 31.6 Å². The van der Waals surface area contributed by atoms with Crippen LogP contribution in [0, 0.1) is 11.3 Å². The molecule has 0 unspecified atom stereocenters. The Morgan fingerprint density at radius 2 is 2.03 bits per heavy atom. The van der Waals surface area contributed by atoms with Gasteiger partial charge in [-0.3, -0.25) is 4.98 Å². The number of aliphatic hydroxyl groups is 1. The number of urea groups is 1. The predicted molar refractivity (Wildman–Crippen MR) is 140 cm³/mol. The van der Waals surface area contributed by atoms with Crippen molar-refractivity contribution in [3.05, 3.63) is 53.2 Å². The van der Waals surface area contributed by atoms with E-state index < -0.39 is 6.10 Å². The van der Waals surface area contributed by atoms with Gasteiger partial charge in [-0.25, -0.2) is 4.79 Å². The van der Waals surface area contributed by atoms with Gasteiger partial charge in [0.15, 0.2) is 0 Å². The molecule has 0 radical (unpaired) electrons. The number of hydrogen-bond donors (Lipinski definition) is 3. The Hall–Kier alpha value is -3.58.